The fourth-order valence-electron chi connectivity index (χ4n) is 8.36. The van der Waals surface area contributed by atoms with Crippen LogP contribution in [-0.4, -0.2) is 46.9 Å². The van der Waals surface area contributed by atoms with Crippen LogP contribution in [0, 0.1) is 0 Å². The zero-order chi connectivity index (χ0) is 47.4. The Morgan fingerprint density at radius 2 is 0.785 bits per heavy atom. The molecule has 3 unspecified atom stereocenters. The molecule has 3 atom stereocenters. The Labute approximate surface area is 403 Å². The quantitative estimate of drug-likeness (QED) is 0.0321. The largest absolute Gasteiger partial charge is 0.462 e. The lowest BCUT2D eigenvalue weighted by molar-refractivity contribution is -0.151. The molecule has 0 saturated heterocycles. The van der Waals surface area contributed by atoms with Crippen LogP contribution in [-0.2, 0) is 14.3 Å². The molecule has 0 fully saturated rings. The van der Waals surface area contributed by atoms with E-state index in [2.05, 4.69) is 86.8 Å². The van der Waals surface area contributed by atoms with E-state index in [1.165, 1.54) is 135 Å². The molecule has 0 aromatic heterocycles. The molecular weight excluding hydrogens is 803 g/mol. The van der Waals surface area contributed by atoms with Crippen molar-refractivity contribution in [3.8, 4) is 0 Å². The second-order valence-electron chi connectivity index (χ2n) is 19.1. The van der Waals surface area contributed by atoms with E-state index in [0.717, 1.165) is 96.3 Å². The molecule has 6 heteroatoms. The zero-order valence-corrected chi connectivity index (χ0v) is 43.1. The molecule has 3 N–H and O–H groups in total. The molecule has 0 radical (unpaired) electrons. The van der Waals surface area contributed by atoms with Crippen LogP contribution in [0.5, 0.6) is 0 Å². The summed E-state index contributed by atoms with van der Waals surface area (Å²) < 4.78 is 5.93. The number of aliphatic hydroxyl groups is 2. The summed E-state index contributed by atoms with van der Waals surface area (Å²) in [5, 5.41) is 23.8. The summed E-state index contributed by atoms with van der Waals surface area (Å²) in [5.41, 5.74) is 0. The van der Waals surface area contributed by atoms with Gasteiger partial charge >= 0.3 is 5.97 Å². The van der Waals surface area contributed by atoms with Gasteiger partial charge in [0.05, 0.1) is 25.2 Å². The normalized spacial score (nSPS) is 13.6. The minimum absolute atomic E-state index is 0.0549. The second kappa shape index (κ2) is 52.5. The molecule has 0 aliphatic carbocycles. The van der Waals surface area contributed by atoms with Gasteiger partial charge < -0.3 is 20.3 Å². The van der Waals surface area contributed by atoms with Gasteiger partial charge in [0.15, 0.2) is 0 Å². The fourth-order valence-corrected chi connectivity index (χ4v) is 8.36. The maximum Gasteiger partial charge on any atom is 0.306 e. The van der Waals surface area contributed by atoms with Crippen molar-refractivity contribution in [2.24, 2.45) is 0 Å². The van der Waals surface area contributed by atoms with Gasteiger partial charge in [-0.2, -0.15) is 0 Å². The van der Waals surface area contributed by atoms with Gasteiger partial charge in [-0.05, 0) is 77.0 Å². The third-order valence-electron chi connectivity index (χ3n) is 12.7. The summed E-state index contributed by atoms with van der Waals surface area (Å²) in [7, 11) is 0. The number of amides is 1. The number of carbonyl (C=O) groups excluding carboxylic acids is 2. The average Bonchev–Trinajstić information content (AvgIpc) is 3.30. The molecule has 0 rings (SSSR count). The summed E-state index contributed by atoms with van der Waals surface area (Å²) in [6.07, 6.45) is 65.6. The van der Waals surface area contributed by atoms with Crippen molar-refractivity contribution in [2.45, 2.75) is 296 Å². The number of aliphatic hydroxyl groups excluding tert-OH is 2. The number of hydrogen-bond acceptors (Lipinski definition) is 5. The number of hydrogen-bond donors (Lipinski definition) is 3. The molecule has 378 valence electrons. The van der Waals surface area contributed by atoms with E-state index in [1.807, 2.05) is 0 Å². The molecule has 0 aromatic carbocycles. The molecule has 0 aromatic rings. The van der Waals surface area contributed by atoms with Gasteiger partial charge in [-0.3, -0.25) is 9.59 Å². The first-order valence-corrected chi connectivity index (χ1v) is 28.1. The summed E-state index contributed by atoms with van der Waals surface area (Å²) in [5.74, 6) is -0.512. The van der Waals surface area contributed by atoms with Crippen molar-refractivity contribution in [1.82, 2.24) is 5.32 Å². The predicted molar refractivity (Wildman–Crippen MR) is 282 cm³/mol. The molecule has 0 aliphatic heterocycles. The molecule has 6 nitrogen and oxygen atoms in total. The predicted octanol–water partition coefficient (Wildman–Crippen LogP) is 17.2. The van der Waals surface area contributed by atoms with Crippen LogP contribution in [0.2, 0.25) is 0 Å². The Bertz CT molecular complexity index is 1160. The number of carbonyl (C=O) groups is 2. The number of ether oxygens (including phenoxy) is 1. The van der Waals surface area contributed by atoms with Crippen molar-refractivity contribution in [3.05, 3.63) is 60.8 Å². The molecule has 65 heavy (non-hydrogen) atoms. The Morgan fingerprint density at radius 3 is 1.22 bits per heavy atom. The molecule has 1 amide bonds. The molecular formula is C59H107NO5. The smallest absolute Gasteiger partial charge is 0.306 e. The minimum atomic E-state index is -0.799. The highest BCUT2D eigenvalue weighted by molar-refractivity contribution is 5.77. The Balaban J connectivity index is 4.60. The molecule has 0 bridgehead atoms. The first-order chi connectivity index (χ1) is 32.0. The van der Waals surface area contributed by atoms with Crippen LogP contribution in [0.25, 0.3) is 0 Å². The Morgan fingerprint density at radius 1 is 0.446 bits per heavy atom. The molecule has 0 saturated carbocycles. The third-order valence-corrected chi connectivity index (χ3v) is 12.7. The molecule has 0 aliphatic rings. The van der Waals surface area contributed by atoms with Gasteiger partial charge in [-0.25, -0.2) is 0 Å². The first-order valence-electron chi connectivity index (χ1n) is 28.1. The summed E-state index contributed by atoms with van der Waals surface area (Å²) >= 11 is 0. The Hall–Kier alpha value is -2.44. The number of rotatable bonds is 50. The molecule has 0 spiro atoms. The van der Waals surface area contributed by atoms with Gasteiger partial charge in [0.1, 0.15) is 6.10 Å². The van der Waals surface area contributed by atoms with Gasteiger partial charge in [-0.15, -0.1) is 0 Å². The lowest BCUT2D eigenvalue weighted by Gasteiger charge is -2.24. The van der Waals surface area contributed by atoms with Gasteiger partial charge in [-0.1, -0.05) is 248 Å². The van der Waals surface area contributed by atoms with E-state index in [-0.39, 0.29) is 24.9 Å². The maximum atomic E-state index is 13.2. The number of esters is 1. The highest BCUT2D eigenvalue weighted by Crippen LogP contribution is 2.18. The van der Waals surface area contributed by atoms with Crippen molar-refractivity contribution in [3.63, 3.8) is 0 Å². The van der Waals surface area contributed by atoms with Crippen molar-refractivity contribution in [1.29, 1.82) is 0 Å². The lowest BCUT2D eigenvalue weighted by Crippen LogP contribution is -2.46. The topological polar surface area (TPSA) is 95.9 Å². The van der Waals surface area contributed by atoms with Crippen molar-refractivity contribution < 1.29 is 24.5 Å². The van der Waals surface area contributed by atoms with Gasteiger partial charge in [0.2, 0.25) is 5.91 Å². The minimum Gasteiger partial charge on any atom is -0.462 e. The Kier molecular flexibility index (Phi) is 50.6. The number of allylic oxidation sites excluding steroid dienone is 10. The van der Waals surface area contributed by atoms with E-state index in [9.17, 15) is 19.8 Å². The van der Waals surface area contributed by atoms with Crippen LogP contribution >= 0.6 is 0 Å². The van der Waals surface area contributed by atoms with E-state index in [4.69, 9.17) is 4.74 Å². The monoisotopic (exact) mass is 910 g/mol. The van der Waals surface area contributed by atoms with Crippen LogP contribution in [0.1, 0.15) is 278 Å². The summed E-state index contributed by atoms with van der Waals surface area (Å²) in [6, 6.07) is -0.714. The van der Waals surface area contributed by atoms with Crippen molar-refractivity contribution >= 4 is 11.9 Å². The van der Waals surface area contributed by atoms with Crippen molar-refractivity contribution in [2.75, 3.05) is 6.61 Å². The van der Waals surface area contributed by atoms with Gasteiger partial charge in [0.25, 0.3) is 0 Å². The van der Waals surface area contributed by atoms with E-state index in [1.54, 1.807) is 0 Å². The molecule has 0 heterocycles. The standard InChI is InChI=1S/C59H107NO5/c1-4-7-10-13-16-19-22-25-27-28-29-31-34-37-40-43-46-49-52-59(64)65-55(50-47-44-41-38-35-32-24-21-18-15-12-9-6-3)53-58(63)60-56(54-61)57(62)51-48-45-42-39-36-33-30-26-23-20-17-14-11-8-5-2/h18,21-22,24-25,27-29,31-32,55-57,61-62H,4-17,19-20,23,26,30,33-54H2,1-3H3,(H,60,63)/b21-18+,25-22+,28-27+,31-29+,32-24+. The van der Waals surface area contributed by atoms with Gasteiger partial charge in [0, 0.05) is 6.42 Å². The SMILES string of the molecule is CCCCC/C=C/C=C/CCCCCCC(CC(=O)NC(CO)C(O)CCCCCCCCCCCCCCCCC)OC(=O)CCCCCCC/C=C/C=C/C=C/CCCCCCC. The van der Waals surface area contributed by atoms with Crippen LogP contribution < -0.4 is 5.32 Å². The van der Waals surface area contributed by atoms with Crippen LogP contribution in [0.4, 0.5) is 0 Å². The van der Waals surface area contributed by atoms with E-state index in [0.29, 0.717) is 19.3 Å². The van der Waals surface area contributed by atoms with E-state index >= 15 is 0 Å². The average molecular weight is 911 g/mol. The fraction of sp³-hybridized carbons (Fsp3) is 0.797. The van der Waals surface area contributed by atoms with E-state index < -0.39 is 18.2 Å². The second-order valence-corrected chi connectivity index (χ2v) is 19.1. The first kappa shape index (κ1) is 62.6. The zero-order valence-electron chi connectivity index (χ0n) is 43.1. The number of nitrogens with one attached hydrogen (secondary N) is 1. The highest BCUT2D eigenvalue weighted by atomic mass is 16.5. The van der Waals surface area contributed by atoms with Crippen LogP contribution in [0.15, 0.2) is 60.8 Å². The summed E-state index contributed by atoms with van der Waals surface area (Å²) in [6.45, 7) is 6.44. The lowest BCUT2D eigenvalue weighted by atomic mass is 10.0. The summed E-state index contributed by atoms with van der Waals surface area (Å²) in [4.78, 5) is 26.2. The third kappa shape index (κ3) is 47.8. The highest BCUT2D eigenvalue weighted by Gasteiger charge is 2.24. The maximum absolute atomic E-state index is 13.2. The number of unbranched alkanes of at least 4 members (excludes halogenated alkanes) is 31. The van der Waals surface area contributed by atoms with Crippen LogP contribution in [0.3, 0.4) is 0 Å².